The number of nitrogens with one attached hydrogen (secondary N) is 1. The van der Waals surface area contributed by atoms with Crippen LogP contribution in [0.5, 0.6) is 5.75 Å². The molecule has 1 heterocycles. The van der Waals surface area contributed by atoms with Gasteiger partial charge in [0.25, 0.3) is 0 Å². The summed E-state index contributed by atoms with van der Waals surface area (Å²) in [5.41, 5.74) is 1.26. The minimum Gasteiger partial charge on any atom is -0.496 e. The van der Waals surface area contributed by atoms with Gasteiger partial charge in [-0.25, -0.2) is 0 Å². The molecule has 0 spiro atoms. The van der Waals surface area contributed by atoms with Gasteiger partial charge < -0.3 is 14.8 Å². The van der Waals surface area contributed by atoms with Crippen molar-refractivity contribution in [3.63, 3.8) is 0 Å². The van der Waals surface area contributed by atoms with Gasteiger partial charge in [-0.1, -0.05) is 18.2 Å². The topological polar surface area (TPSA) is 30.5 Å². The molecule has 0 aliphatic carbocycles. The highest BCUT2D eigenvalue weighted by atomic mass is 16.5. The first-order valence-corrected chi connectivity index (χ1v) is 6.77. The fourth-order valence-corrected chi connectivity index (χ4v) is 2.43. The molecule has 0 aromatic heterocycles. The monoisotopic (exact) mass is 249 g/mol. The number of ether oxygens (including phenoxy) is 2. The van der Waals surface area contributed by atoms with E-state index in [0.717, 1.165) is 25.3 Å². The van der Waals surface area contributed by atoms with E-state index in [2.05, 4.69) is 24.4 Å². The molecule has 1 saturated heterocycles. The predicted molar refractivity (Wildman–Crippen MR) is 73.1 cm³/mol. The van der Waals surface area contributed by atoms with Crippen LogP contribution in [0.15, 0.2) is 24.3 Å². The Kier molecular flexibility index (Phi) is 5.02. The average molecular weight is 249 g/mol. The Morgan fingerprint density at radius 1 is 1.33 bits per heavy atom. The molecule has 0 radical (unpaired) electrons. The molecule has 0 amide bonds. The van der Waals surface area contributed by atoms with Crippen molar-refractivity contribution in [2.24, 2.45) is 0 Å². The van der Waals surface area contributed by atoms with Crippen LogP contribution < -0.4 is 10.1 Å². The SMILES string of the molecule is COc1ccccc1CCNCC1CCC(C)O1. The van der Waals surface area contributed by atoms with E-state index in [1.165, 1.54) is 18.4 Å². The summed E-state index contributed by atoms with van der Waals surface area (Å²) in [6, 6.07) is 8.19. The van der Waals surface area contributed by atoms with Crippen LogP contribution in [0.2, 0.25) is 0 Å². The lowest BCUT2D eigenvalue weighted by Gasteiger charge is -2.13. The summed E-state index contributed by atoms with van der Waals surface area (Å²) in [5.74, 6) is 0.977. The van der Waals surface area contributed by atoms with Gasteiger partial charge in [0.15, 0.2) is 0 Å². The van der Waals surface area contributed by atoms with Crippen molar-refractivity contribution in [1.82, 2.24) is 5.32 Å². The first-order valence-electron chi connectivity index (χ1n) is 6.77. The molecule has 1 aromatic carbocycles. The Morgan fingerprint density at radius 3 is 2.89 bits per heavy atom. The zero-order chi connectivity index (χ0) is 12.8. The molecule has 3 nitrogen and oxygen atoms in total. The van der Waals surface area contributed by atoms with E-state index in [0.29, 0.717) is 12.2 Å². The molecule has 0 saturated carbocycles. The molecule has 2 atom stereocenters. The van der Waals surface area contributed by atoms with E-state index in [4.69, 9.17) is 9.47 Å². The van der Waals surface area contributed by atoms with E-state index < -0.39 is 0 Å². The zero-order valence-corrected chi connectivity index (χ0v) is 11.3. The van der Waals surface area contributed by atoms with Gasteiger partial charge in [-0.05, 0) is 44.4 Å². The van der Waals surface area contributed by atoms with E-state index in [1.807, 2.05) is 12.1 Å². The fourth-order valence-electron chi connectivity index (χ4n) is 2.43. The quantitative estimate of drug-likeness (QED) is 0.785. The van der Waals surface area contributed by atoms with Crippen molar-refractivity contribution >= 4 is 0 Å². The van der Waals surface area contributed by atoms with Gasteiger partial charge >= 0.3 is 0 Å². The lowest BCUT2D eigenvalue weighted by Crippen LogP contribution is -2.28. The summed E-state index contributed by atoms with van der Waals surface area (Å²) >= 11 is 0. The molecule has 1 aliphatic rings. The van der Waals surface area contributed by atoms with Crippen LogP contribution in [0.1, 0.15) is 25.3 Å². The third-order valence-corrected chi connectivity index (χ3v) is 3.46. The molecule has 18 heavy (non-hydrogen) atoms. The van der Waals surface area contributed by atoms with Gasteiger partial charge in [0.1, 0.15) is 5.75 Å². The van der Waals surface area contributed by atoms with Crippen LogP contribution in [0.4, 0.5) is 0 Å². The van der Waals surface area contributed by atoms with Gasteiger partial charge in [0.2, 0.25) is 0 Å². The third kappa shape index (κ3) is 3.72. The Labute approximate surface area is 109 Å². The maximum atomic E-state index is 5.77. The normalized spacial score (nSPS) is 23.2. The molecule has 1 aromatic rings. The number of benzene rings is 1. The van der Waals surface area contributed by atoms with Crippen molar-refractivity contribution in [3.8, 4) is 5.75 Å². The first-order chi connectivity index (χ1) is 8.79. The number of rotatable bonds is 6. The van der Waals surface area contributed by atoms with Crippen LogP contribution in [-0.4, -0.2) is 32.4 Å². The molecule has 1 fully saturated rings. The lowest BCUT2D eigenvalue weighted by molar-refractivity contribution is 0.0562. The second kappa shape index (κ2) is 6.76. The second-order valence-electron chi connectivity index (χ2n) is 4.91. The molecular weight excluding hydrogens is 226 g/mol. The van der Waals surface area contributed by atoms with Crippen LogP contribution in [0.25, 0.3) is 0 Å². The van der Waals surface area contributed by atoms with Crippen molar-refractivity contribution in [3.05, 3.63) is 29.8 Å². The smallest absolute Gasteiger partial charge is 0.122 e. The number of hydrogen-bond acceptors (Lipinski definition) is 3. The van der Waals surface area contributed by atoms with Gasteiger partial charge in [0.05, 0.1) is 19.3 Å². The second-order valence-corrected chi connectivity index (χ2v) is 4.91. The van der Waals surface area contributed by atoms with E-state index >= 15 is 0 Å². The summed E-state index contributed by atoms with van der Waals surface area (Å²) in [5, 5.41) is 3.47. The van der Waals surface area contributed by atoms with E-state index in [1.54, 1.807) is 7.11 Å². The summed E-state index contributed by atoms with van der Waals surface area (Å²) in [7, 11) is 1.72. The van der Waals surface area contributed by atoms with Crippen molar-refractivity contribution in [2.75, 3.05) is 20.2 Å². The van der Waals surface area contributed by atoms with Crippen molar-refractivity contribution in [1.29, 1.82) is 0 Å². The van der Waals surface area contributed by atoms with Gasteiger partial charge in [-0.15, -0.1) is 0 Å². The maximum absolute atomic E-state index is 5.77. The molecule has 2 rings (SSSR count). The third-order valence-electron chi connectivity index (χ3n) is 3.46. The standard InChI is InChI=1S/C15H23NO2/c1-12-7-8-14(18-12)11-16-10-9-13-5-3-4-6-15(13)17-2/h3-6,12,14,16H,7-11H2,1-2H3. The van der Waals surface area contributed by atoms with Crippen LogP contribution >= 0.6 is 0 Å². The summed E-state index contributed by atoms with van der Waals surface area (Å²) < 4.78 is 11.1. The van der Waals surface area contributed by atoms with Crippen molar-refractivity contribution < 1.29 is 9.47 Å². The van der Waals surface area contributed by atoms with Gasteiger partial charge in [0, 0.05) is 6.54 Å². The predicted octanol–water partition coefficient (Wildman–Crippen LogP) is 2.39. The van der Waals surface area contributed by atoms with E-state index in [9.17, 15) is 0 Å². The number of hydrogen-bond donors (Lipinski definition) is 1. The van der Waals surface area contributed by atoms with Gasteiger partial charge in [-0.3, -0.25) is 0 Å². The Balaban J connectivity index is 1.69. The zero-order valence-electron chi connectivity index (χ0n) is 11.3. The van der Waals surface area contributed by atoms with E-state index in [-0.39, 0.29) is 0 Å². The molecule has 1 aliphatic heterocycles. The highest BCUT2D eigenvalue weighted by Gasteiger charge is 2.20. The van der Waals surface area contributed by atoms with Crippen LogP contribution in [-0.2, 0) is 11.2 Å². The fraction of sp³-hybridized carbons (Fsp3) is 0.600. The minimum atomic E-state index is 0.401. The summed E-state index contributed by atoms with van der Waals surface area (Å²) in [6.45, 7) is 4.07. The molecule has 1 N–H and O–H groups in total. The molecule has 2 unspecified atom stereocenters. The summed E-state index contributed by atoms with van der Waals surface area (Å²) in [6.07, 6.45) is 4.21. The Hall–Kier alpha value is -1.06. The summed E-state index contributed by atoms with van der Waals surface area (Å²) in [4.78, 5) is 0. The largest absolute Gasteiger partial charge is 0.496 e. The molecule has 100 valence electrons. The molecule has 0 bridgehead atoms. The molecule has 3 heteroatoms. The average Bonchev–Trinajstić information content (AvgIpc) is 2.81. The minimum absolute atomic E-state index is 0.401. The highest BCUT2D eigenvalue weighted by Crippen LogP contribution is 2.19. The lowest BCUT2D eigenvalue weighted by atomic mass is 10.1. The van der Waals surface area contributed by atoms with Crippen molar-refractivity contribution in [2.45, 2.75) is 38.4 Å². The Morgan fingerprint density at radius 2 is 2.17 bits per heavy atom. The van der Waals surface area contributed by atoms with Crippen LogP contribution in [0.3, 0.4) is 0 Å². The highest BCUT2D eigenvalue weighted by molar-refractivity contribution is 5.33. The molecular formula is C15H23NO2. The Bertz CT molecular complexity index is 367. The number of methoxy groups -OCH3 is 1. The van der Waals surface area contributed by atoms with Crippen LogP contribution in [0, 0.1) is 0 Å². The first kappa shape index (κ1) is 13.4. The maximum Gasteiger partial charge on any atom is 0.122 e. The van der Waals surface area contributed by atoms with Gasteiger partial charge in [-0.2, -0.15) is 0 Å². The number of para-hydroxylation sites is 1.